The third kappa shape index (κ3) is 8.08. The molecule has 0 unspecified atom stereocenters. The van der Waals surface area contributed by atoms with Crippen LogP contribution in [0.4, 0.5) is 0 Å². The number of aromatic nitrogens is 4. The number of hydrogen-bond donors (Lipinski definition) is 0. The topological polar surface area (TPSA) is 69.9 Å². The molecule has 0 saturated carbocycles. The first-order chi connectivity index (χ1) is 37.1. The Labute approximate surface area is 432 Å². The van der Waals surface area contributed by atoms with Gasteiger partial charge in [0.05, 0.1) is 11.0 Å². The van der Waals surface area contributed by atoms with E-state index in [9.17, 15) is 0 Å². The predicted octanol–water partition coefficient (Wildman–Crippen LogP) is 18.2. The lowest BCUT2D eigenvalue weighted by Crippen LogP contribution is -2.03. The first-order valence-corrected chi connectivity index (χ1v) is 25.1. The third-order valence-corrected chi connectivity index (χ3v) is 14.1. The van der Waals surface area contributed by atoms with Crippen LogP contribution in [-0.4, -0.2) is 19.5 Å². The van der Waals surface area contributed by atoms with Gasteiger partial charge in [-0.2, -0.15) is 0 Å². The van der Waals surface area contributed by atoms with Crippen LogP contribution < -0.4 is 0 Å². The van der Waals surface area contributed by atoms with Crippen LogP contribution in [0.1, 0.15) is 17.0 Å². The normalized spacial score (nSPS) is 12.4. The number of para-hydroxylation sites is 2. The molecule has 0 aliphatic carbocycles. The molecule has 0 amide bonds. The first kappa shape index (κ1) is 43.6. The second-order valence-corrected chi connectivity index (χ2v) is 18.8. The standard InChI is InChI=1S/C69H44N4O2/c1-5-18-45(19-6-1)32-33-51(67-70-68(52-36-39-64-59(43-52)54-26-13-15-29-62(54)74-64)72-69(71-67)56-28-17-31-65-66(56)55-27-14-16-30-63(55)75-65)40-53(48-24-11-4-12-25-48)44-73-60-37-34-49(46-20-7-2-8-21-46)41-57(60)58-42-50(35-38-61(58)73)47-22-9-3-10-23-47/h1-44H/b33-32+,51-40+,53-44-. The summed E-state index contributed by atoms with van der Waals surface area (Å²) in [6.45, 7) is 0. The van der Waals surface area contributed by atoms with Crippen molar-refractivity contribution in [3.63, 3.8) is 0 Å². The molecule has 6 heteroatoms. The van der Waals surface area contributed by atoms with Crippen LogP contribution in [-0.2, 0) is 0 Å². The molecular formula is C69H44N4O2. The average molecular weight is 961 g/mol. The summed E-state index contributed by atoms with van der Waals surface area (Å²) in [4.78, 5) is 16.2. The van der Waals surface area contributed by atoms with Gasteiger partial charge in [-0.3, -0.25) is 0 Å². The summed E-state index contributed by atoms with van der Waals surface area (Å²) >= 11 is 0. The van der Waals surface area contributed by atoms with Crippen molar-refractivity contribution >= 4 is 89.1 Å². The largest absolute Gasteiger partial charge is 0.456 e. The average Bonchev–Trinajstić information content (AvgIpc) is 4.16. The Kier molecular flexibility index (Phi) is 10.7. The molecule has 4 aromatic heterocycles. The highest BCUT2D eigenvalue weighted by Crippen LogP contribution is 2.40. The number of furan rings is 2. The lowest BCUT2D eigenvalue weighted by atomic mass is 10.0. The number of rotatable bonds is 10. The fraction of sp³-hybridized carbons (Fsp3) is 0. The Morgan fingerprint density at radius 3 is 1.60 bits per heavy atom. The Morgan fingerprint density at radius 1 is 0.373 bits per heavy atom. The van der Waals surface area contributed by atoms with Crippen LogP contribution >= 0.6 is 0 Å². The molecule has 0 bridgehead atoms. The fourth-order valence-corrected chi connectivity index (χ4v) is 10.5. The van der Waals surface area contributed by atoms with Gasteiger partial charge in [0.25, 0.3) is 0 Å². The molecule has 0 fully saturated rings. The smallest absolute Gasteiger partial charge is 0.164 e. The van der Waals surface area contributed by atoms with Crippen molar-refractivity contribution in [3.05, 3.63) is 272 Å². The predicted molar refractivity (Wildman–Crippen MR) is 310 cm³/mol. The van der Waals surface area contributed by atoms with Crippen molar-refractivity contribution < 1.29 is 8.83 Å². The van der Waals surface area contributed by atoms with Crippen molar-refractivity contribution in [1.82, 2.24) is 19.5 Å². The van der Waals surface area contributed by atoms with Gasteiger partial charge >= 0.3 is 0 Å². The van der Waals surface area contributed by atoms with E-state index in [-0.39, 0.29) is 0 Å². The van der Waals surface area contributed by atoms with E-state index < -0.39 is 0 Å². The van der Waals surface area contributed by atoms with Gasteiger partial charge in [-0.15, -0.1) is 0 Å². The zero-order valence-electron chi connectivity index (χ0n) is 40.5. The molecule has 0 aliphatic heterocycles. The Balaban J connectivity index is 1.03. The van der Waals surface area contributed by atoms with Gasteiger partial charge in [-0.05, 0) is 106 Å². The summed E-state index contributed by atoms with van der Waals surface area (Å²) in [5, 5.41) is 6.28. The van der Waals surface area contributed by atoms with Gasteiger partial charge in [0, 0.05) is 55.2 Å². The van der Waals surface area contributed by atoms with Crippen LogP contribution in [0.2, 0.25) is 0 Å². The summed E-state index contributed by atoms with van der Waals surface area (Å²) in [6, 6.07) is 84.3. The second kappa shape index (κ2) is 18.5. The van der Waals surface area contributed by atoms with Gasteiger partial charge in [0.15, 0.2) is 17.5 Å². The van der Waals surface area contributed by atoms with Gasteiger partial charge < -0.3 is 13.4 Å². The molecule has 352 valence electrons. The van der Waals surface area contributed by atoms with Gasteiger partial charge in [0.1, 0.15) is 22.3 Å². The Bertz CT molecular complexity index is 4470. The van der Waals surface area contributed by atoms with E-state index in [0.29, 0.717) is 17.5 Å². The monoisotopic (exact) mass is 960 g/mol. The van der Waals surface area contributed by atoms with Gasteiger partial charge in [-0.1, -0.05) is 194 Å². The van der Waals surface area contributed by atoms with Crippen LogP contribution in [0.25, 0.3) is 134 Å². The quantitative estimate of drug-likeness (QED) is 0.128. The maximum atomic E-state index is 6.43. The van der Waals surface area contributed by atoms with Crippen LogP contribution in [0, 0.1) is 0 Å². The first-order valence-electron chi connectivity index (χ1n) is 25.1. The van der Waals surface area contributed by atoms with E-state index in [4.69, 9.17) is 23.8 Å². The third-order valence-electron chi connectivity index (χ3n) is 14.1. The Hall–Kier alpha value is -10.2. The van der Waals surface area contributed by atoms with Crippen molar-refractivity contribution in [2.24, 2.45) is 0 Å². The molecule has 0 N–H and O–H groups in total. The lowest BCUT2D eigenvalue weighted by Gasteiger charge is -2.12. The highest BCUT2D eigenvalue weighted by atomic mass is 16.3. The summed E-state index contributed by atoms with van der Waals surface area (Å²) in [5.74, 6) is 1.56. The number of nitrogens with zero attached hydrogens (tertiary/aromatic N) is 4. The number of benzene rings is 10. The highest BCUT2D eigenvalue weighted by molar-refractivity contribution is 6.14. The van der Waals surface area contributed by atoms with Gasteiger partial charge in [0.2, 0.25) is 0 Å². The molecule has 14 rings (SSSR count). The molecule has 75 heavy (non-hydrogen) atoms. The van der Waals surface area contributed by atoms with E-state index in [2.05, 4.69) is 205 Å². The van der Waals surface area contributed by atoms with Crippen LogP contribution in [0.3, 0.4) is 0 Å². The van der Waals surface area contributed by atoms with E-state index in [0.717, 1.165) is 110 Å². The molecule has 10 aromatic carbocycles. The van der Waals surface area contributed by atoms with Crippen molar-refractivity contribution in [3.8, 4) is 45.0 Å². The maximum Gasteiger partial charge on any atom is 0.164 e. The van der Waals surface area contributed by atoms with E-state index in [1.807, 2.05) is 66.7 Å². The SMILES string of the molecule is C(=C(/C=C(\C=C\c1ccccc1)c1nc(-c2ccc3oc4ccccc4c3c2)nc(-c2cccc3oc4ccccc4c23)n1)c1ccccc1)\n1c2ccc(-c3ccccc3)cc2c2cc(-c3ccccc3)ccc21. The molecule has 6 nitrogen and oxygen atoms in total. The maximum absolute atomic E-state index is 6.43. The summed E-state index contributed by atoms with van der Waals surface area (Å²) in [7, 11) is 0. The minimum absolute atomic E-state index is 0.508. The number of fused-ring (bicyclic) bond motifs is 9. The molecule has 14 aromatic rings. The van der Waals surface area contributed by atoms with E-state index >= 15 is 0 Å². The zero-order chi connectivity index (χ0) is 49.7. The molecule has 0 aliphatic rings. The molecular weight excluding hydrogens is 917 g/mol. The minimum atomic E-state index is 0.508. The summed E-state index contributed by atoms with van der Waals surface area (Å²) in [6.07, 6.45) is 8.73. The lowest BCUT2D eigenvalue weighted by molar-refractivity contribution is 0.668. The van der Waals surface area contributed by atoms with Crippen molar-refractivity contribution in [2.45, 2.75) is 0 Å². The van der Waals surface area contributed by atoms with Gasteiger partial charge in [-0.25, -0.2) is 15.0 Å². The zero-order valence-corrected chi connectivity index (χ0v) is 40.5. The second-order valence-electron chi connectivity index (χ2n) is 18.8. The van der Waals surface area contributed by atoms with Crippen LogP contribution in [0.15, 0.2) is 264 Å². The minimum Gasteiger partial charge on any atom is -0.456 e. The summed E-state index contributed by atoms with van der Waals surface area (Å²) in [5.41, 5.74) is 15.5. The highest BCUT2D eigenvalue weighted by Gasteiger charge is 2.20. The molecule has 0 saturated heterocycles. The number of allylic oxidation sites excluding steroid dienone is 4. The summed E-state index contributed by atoms with van der Waals surface area (Å²) < 4.78 is 15.1. The van der Waals surface area contributed by atoms with E-state index in [1.165, 1.54) is 11.1 Å². The van der Waals surface area contributed by atoms with Crippen molar-refractivity contribution in [2.75, 3.05) is 0 Å². The van der Waals surface area contributed by atoms with E-state index in [1.54, 1.807) is 0 Å². The van der Waals surface area contributed by atoms with Crippen molar-refractivity contribution in [1.29, 1.82) is 0 Å². The number of hydrogen-bond acceptors (Lipinski definition) is 5. The Morgan fingerprint density at radius 2 is 0.907 bits per heavy atom. The fourth-order valence-electron chi connectivity index (χ4n) is 10.5. The van der Waals surface area contributed by atoms with Crippen LogP contribution in [0.5, 0.6) is 0 Å². The molecule has 0 spiro atoms. The molecule has 0 atom stereocenters. The molecule has 4 heterocycles. The molecule has 0 radical (unpaired) electrons.